The zero-order chi connectivity index (χ0) is 22.3. The molecule has 0 saturated carbocycles. The molecule has 2 aliphatic heterocycles. The van der Waals surface area contributed by atoms with Crippen LogP contribution >= 0.6 is 46.2 Å². The lowest BCUT2D eigenvalue weighted by Crippen LogP contribution is -2.22. The first-order valence-corrected chi connectivity index (χ1v) is 14.6. The number of fused-ring (bicyclic) bond motifs is 6. The standard InChI is InChI=1S/C29H22S4/c1-16-24-26(31-22-14-20(30-28(22)24)18-10-6-4-7-11-18)17(2)25-27(16)32-23-15-21(33-29(23,25)3)19-12-8-5-9-13-19/h4-15,23H,1-3H3. The molecule has 2 atom stereocenters. The lowest BCUT2D eigenvalue weighted by Gasteiger charge is -2.26. The summed E-state index contributed by atoms with van der Waals surface area (Å²) in [5, 5.41) is 1.98. The van der Waals surface area contributed by atoms with Crippen molar-refractivity contribution in [3.05, 3.63) is 95.1 Å². The molecule has 0 saturated heterocycles. The van der Waals surface area contributed by atoms with E-state index in [1.807, 2.05) is 22.7 Å². The van der Waals surface area contributed by atoms with Crippen molar-refractivity contribution in [2.24, 2.45) is 0 Å². The topological polar surface area (TPSA) is 0 Å². The molecular formula is C29H22S4. The van der Waals surface area contributed by atoms with Crippen LogP contribution in [-0.2, 0) is 4.75 Å². The van der Waals surface area contributed by atoms with Crippen LogP contribution in [-0.4, -0.2) is 5.25 Å². The monoisotopic (exact) mass is 498 g/mol. The van der Waals surface area contributed by atoms with Crippen molar-refractivity contribution in [3.63, 3.8) is 0 Å². The highest BCUT2D eigenvalue weighted by atomic mass is 32.2. The second-order valence-electron chi connectivity index (χ2n) is 9.07. The molecule has 162 valence electrons. The van der Waals surface area contributed by atoms with E-state index in [0.717, 1.165) is 0 Å². The summed E-state index contributed by atoms with van der Waals surface area (Å²) in [4.78, 5) is 4.33. The zero-order valence-electron chi connectivity index (χ0n) is 18.6. The number of rotatable bonds is 2. The van der Waals surface area contributed by atoms with Crippen molar-refractivity contribution >= 4 is 70.6 Å². The molecule has 0 nitrogen and oxygen atoms in total. The molecule has 33 heavy (non-hydrogen) atoms. The van der Waals surface area contributed by atoms with Gasteiger partial charge in [-0.25, -0.2) is 0 Å². The Balaban J connectivity index is 1.39. The van der Waals surface area contributed by atoms with Gasteiger partial charge >= 0.3 is 0 Å². The third-order valence-electron chi connectivity index (χ3n) is 7.05. The Kier molecular flexibility index (Phi) is 4.49. The lowest BCUT2D eigenvalue weighted by molar-refractivity contribution is 0.736. The highest BCUT2D eigenvalue weighted by Crippen LogP contribution is 2.66. The van der Waals surface area contributed by atoms with E-state index in [1.54, 1.807) is 5.56 Å². The van der Waals surface area contributed by atoms with E-state index in [9.17, 15) is 0 Å². The SMILES string of the molecule is Cc1c2c(c(C)c3c1sc1cc(-c4ccccc4)sc13)SC1C=C(c3ccccc3)SC21C. The molecule has 0 fully saturated rings. The Hall–Kier alpha value is -1.98. The Morgan fingerprint density at radius 3 is 2.21 bits per heavy atom. The van der Waals surface area contributed by atoms with E-state index in [4.69, 9.17) is 0 Å². The zero-order valence-corrected chi connectivity index (χ0v) is 21.9. The summed E-state index contributed by atoms with van der Waals surface area (Å²) in [5.41, 5.74) is 7.22. The van der Waals surface area contributed by atoms with Crippen LogP contribution in [0.4, 0.5) is 0 Å². The molecule has 2 aliphatic rings. The van der Waals surface area contributed by atoms with Gasteiger partial charge in [0.05, 0.1) is 9.45 Å². The number of benzene rings is 3. The van der Waals surface area contributed by atoms with Crippen molar-refractivity contribution in [1.82, 2.24) is 0 Å². The maximum absolute atomic E-state index is 2.52. The predicted octanol–water partition coefficient (Wildman–Crippen LogP) is 9.88. The molecule has 0 radical (unpaired) electrons. The van der Waals surface area contributed by atoms with Crippen LogP contribution in [0.25, 0.3) is 34.8 Å². The smallest absolute Gasteiger partial charge is 0.0598 e. The Labute approximate surface area is 210 Å². The first-order chi connectivity index (χ1) is 16.0. The van der Waals surface area contributed by atoms with Crippen molar-refractivity contribution in [1.29, 1.82) is 0 Å². The van der Waals surface area contributed by atoms with Gasteiger partial charge in [-0.3, -0.25) is 0 Å². The fourth-order valence-corrected chi connectivity index (χ4v) is 11.6. The van der Waals surface area contributed by atoms with Gasteiger partial charge in [0, 0.05) is 34.7 Å². The van der Waals surface area contributed by atoms with Crippen LogP contribution in [0.2, 0.25) is 0 Å². The summed E-state index contributed by atoms with van der Waals surface area (Å²) < 4.78 is 4.48. The van der Waals surface area contributed by atoms with Gasteiger partial charge in [0.2, 0.25) is 0 Å². The van der Waals surface area contributed by atoms with Gasteiger partial charge in [-0.2, -0.15) is 0 Å². The number of aryl methyl sites for hydroxylation is 2. The molecule has 5 aromatic rings. The molecule has 4 heteroatoms. The summed E-state index contributed by atoms with van der Waals surface area (Å²) in [5.74, 6) is 0. The highest BCUT2D eigenvalue weighted by Gasteiger charge is 2.50. The molecule has 4 heterocycles. The van der Waals surface area contributed by atoms with E-state index in [1.165, 1.54) is 56.4 Å². The lowest BCUT2D eigenvalue weighted by atomic mass is 9.90. The first-order valence-electron chi connectivity index (χ1n) is 11.2. The third kappa shape index (κ3) is 2.84. The van der Waals surface area contributed by atoms with Crippen molar-refractivity contribution in [2.45, 2.75) is 35.7 Å². The fraction of sp³-hybridized carbons (Fsp3) is 0.172. The molecule has 7 rings (SSSR count). The first kappa shape index (κ1) is 20.4. The van der Waals surface area contributed by atoms with Crippen LogP contribution < -0.4 is 0 Å². The van der Waals surface area contributed by atoms with Crippen molar-refractivity contribution < 1.29 is 0 Å². The summed E-state index contributed by atoms with van der Waals surface area (Å²) in [6.45, 7) is 7.20. The minimum atomic E-state index is 0.0980. The van der Waals surface area contributed by atoms with Crippen LogP contribution in [0.5, 0.6) is 0 Å². The van der Waals surface area contributed by atoms with E-state index in [-0.39, 0.29) is 4.75 Å². The van der Waals surface area contributed by atoms with E-state index in [2.05, 4.69) is 117 Å². The van der Waals surface area contributed by atoms with Gasteiger partial charge in [-0.05, 0) is 54.7 Å². The quantitative estimate of drug-likeness (QED) is 0.237. The molecule has 0 N–H and O–H groups in total. The van der Waals surface area contributed by atoms with Gasteiger partial charge in [0.25, 0.3) is 0 Å². The maximum atomic E-state index is 2.52. The minimum absolute atomic E-state index is 0.0980. The van der Waals surface area contributed by atoms with Gasteiger partial charge in [0.1, 0.15) is 0 Å². The van der Waals surface area contributed by atoms with Gasteiger partial charge in [-0.15, -0.1) is 46.2 Å². The van der Waals surface area contributed by atoms with Crippen LogP contribution in [0.1, 0.15) is 29.2 Å². The maximum Gasteiger partial charge on any atom is 0.0598 e. The molecule has 3 aromatic carbocycles. The number of thioether (sulfide) groups is 2. The molecule has 0 aliphatic carbocycles. The molecule has 2 unspecified atom stereocenters. The normalized spacial score (nSPS) is 21.5. The van der Waals surface area contributed by atoms with E-state index in [0.29, 0.717) is 5.25 Å². The Bertz CT molecular complexity index is 1590. The van der Waals surface area contributed by atoms with Crippen LogP contribution in [0, 0.1) is 13.8 Å². The number of thiophene rings is 2. The second kappa shape index (κ2) is 7.26. The van der Waals surface area contributed by atoms with Gasteiger partial charge < -0.3 is 0 Å². The van der Waals surface area contributed by atoms with Gasteiger partial charge in [0.15, 0.2) is 0 Å². The largest absolute Gasteiger partial charge is 0.134 e. The average Bonchev–Trinajstić information content (AvgIpc) is 3.55. The second-order valence-corrected chi connectivity index (χ2v) is 13.8. The Morgan fingerprint density at radius 2 is 1.48 bits per heavy atom. The summed E-state index contributed by atoms with van der Waals surface area (Å²) in [6.07, 6.45) is 2.52. The number of hydrogen-bond acceptors (Lipinski definition) is 4. The summed E-state index contributed by atoms with van der Waals surface area (Å²) >= 11 is 8.10. The summed E-state index contributed by atoms with van der Waals surface area (Å²) in [6, 6.07) is 24.1. The molecule has 0 spiro atoms. The van der Waals surface area contributed by atoms with Crippen LogP contribution in [0.3, 0.4) is 0 Å². The van der Waals surface area contributed by atoms with Gasteiger partial charge in [-0.1, -0.05) is 66.7 Å². The fourth-order valence-electron chi connectivity index (χ4n) is 5.41. The molecule has 0 bridgehead atoms. The minimum Gasteiger partial charge on any atom is -0.134 e. The average molecular weight is 499 g/mol. The van der Waals surface area contributed by atoms with Crippen molar-refractivity contribution in [3.8, 4) is 10.4 Å². The molecular weight excluding hydrogens is 477 g/mol. The van der Waals surface area contributed by atoms with E-state index < -0.39 is 0 Å². The highest BCUT2D eigenvalue weighted by molar-refractivity contribution is 8.11. The molecule has 0 amide bonds. The number of hydrogen-bond donors (Lipinski definition) is 0. The third-order valence-corrected chi connectivity index (χ3v) is 12.9. The Morgan fingerprint density at radius 1 is 0.788 bits per heavy atom. The van der Waals surface area contributed by atoms with Crippen LogP contribution in [0.15, 0.2) is 77.7 Å². The van der Waals surface area contributed by atoms with E-state index >= 15 is 0 Å². The summed E-state index contributed by atoms with van der Waals surface area (Å²) in [7, 11) is 0. The molecule has 2 aromatic heterocycles. The van der Waals surface area contributed by atoms with Crippen molar-refractivity contribution in [2.75, 3.05) is 0 Å². The predicted molar refractivity (Wildman–Crippen MR) is 151 cm³/mol.